The van der Waals surface area contributed by atoms with Crippen LogP contribution in [0.25, 0.3) is 0 Å². The number of hydrogen-bond acceptors (Lipinski definition) is 3. The molecule has 0 radical (unpaired) electrons. The smallest absolute Gasteiger partial charge is 0.0991 e. The molecule has 1 aliphatic heterocycles. The monoisotopic (exact) mass is 272 g/mol. The summed E-state index contributed by atoms with van der Waals surface area (Å²) in [5, 5.41) is 8.90. The molecule has 0 amide bonds. The quantitative estimate of drug-likeness (QED) is 0.915. The van der Waals surface area contributed by atoms with Crippen molar-refractivity contribution >= 4 is 0 Å². The lowest BCUT2D eigenvalue weighted by atomic mass is 9.75. The minimum absolute atomic E-state index is 0.0393. The van der Waals surface area contributed by atoms with Crippen molar-refractivity contribution in [3.63, 3.8) is 0 Å². The third kappa shape index (κ3) is 3.59. The highest BCUT2D eigenvalue weighted by Crippen LogP contribution is 2.39. The van der Waals surface area contributed by atoms with Crippen LogP contribution in [-0.2, 0) is 4.74 Å². The standard InChI is InChI=1S/C17H24N2O/c1-17(2)11-15(8-10-20-17)16(7-9-18)14-5-3-13(12-19)4-6-14/h3-6,15-16H,7-11,18H2,1-2H3. The van der Waals surface area contributed by atoms with Crippen molar-refractivity contribution in [1.82, 2.24) is 0 Å². The first-order valence-electron chi connectivity index (χ1n) is 7.40. The van der Waals surface area contributed by atoms with Crippen molar-refractivity contribution in [2.24, 2.45) is 11.7 Å². The van der Waals surface area contributed by atoms with E-state index < -0.39 is 0 Å². The number of rotatable bonds is 4. The lowest BCUT2D eigenvalue weighted by Gasteiger charge is -2.39. The van der Waals surface area contributed by atoms with Gasteiger partial charge in [0.2, 0.25) is 0 Å². The minimum atomic E-state index is -0.0393. The topological polar surface area (TPSA) is 59.0 Å². The van der Waals surface area contributed by atoms with E-state index in [-0.39, 0.29) is 5.60 Å². The average Bonchev–Trinajstić information content (AvgIpc) is 2.44. The van der Waals surface area contributed by atoms with Crippen LogP contribution < -0.4 is 5.73 Å². The van der Waals surface area contributed by atoms with E-state index in [9.17, 15) is 0 Å². The van der Waals surface area contributed by atoms with Gasteiger partial charge in [0.1, 0.15) is 0 Å². The molecule has 0 bridgehead atoms. The number of ether oxygens (including phenoxy) is 1. The number of benzene rings is 1. The van der Waals surface area contributed by atoms with Gasteiger partial charge in [0.15, 0.2) is 0 Å². The van der Waals surface area contributed by atoms with Gasteiger partial charge in [0, 0.05) is 6.61 Å². The summed E-state index contributed by atoms with van der Waals surface area (Å²) in [5.41, 5.74) is 7.79. The lowest BCUT2D eigenvalue weighted by Crippen LogP contribution is -2.36. The molecule has 1 aromatic rings. The summed E-state index contributed by atoms with van der Waals surface area (Å²) >= 11 is 0. The zero-order valence-electron chi connectivity index (χ0n) is 12.4. The second-order valence-corrected chi connectivity index (χ2v) is 6.28. The summed E-state index contributed by atoms with van der Waals surface area (Å²) in [5.74, 6) is 1.08. The Bertz CT molecular complexity index is 473. The van der Waals surface area contributed by atoms with Gasteiger partial charge in [-0.2, -0.15) is 5.26 Å². The van der Waals surface area contributed by atoms with Crippen LogP contribution in [0.1, 0.15) is 50.2 Å². The molecule has 0 aliphatic carbocycles. The molecule has 3 heteroatoms. The minimum Gasteiger partial charge on any atom is -0.376 e. The molecule has 0 spiro atoms. The second-order valence-electron chi connectivity index (χ2n) is 6.28. The van der Waals surface area contributed by atoms with Crippen molar-refractivity contribution in [3.05, 3.63) is 35.4 Å². The van der Waals surface area contributed by atoms with E-state index >= 15 is 0 Å². The zero-order chi connectivity index (χ0) is 14.6. The third-order valence-corrected chi connectivity index (χ3v) is 4.25. The number of hydrogen-bond donors (Lipinski definition) is 1. The van der Waals surface area contributed by atoms with Crippen LogP contribution in [0.3, 0.4) is 0 Å². The maximum absolute atomic E-state index is 8.90. The zero-order valence-corrected chi connectivity index (χ0v) is 12.4. The van der Waals surface area contributed by atoms with Gasteiger partial charge < -0.3 is 10.5 Å². The fourth-order valence-electron chi connectivity index (χ4n) is 3.28. The van der Waals surface area contributed by atoms with Crippen LogP contribution in [-0.4, -0.2) is 18.8 Å². The van der Waals surface area contributed by atoms with Gasteiger partial charge in [-0.25, -0.2) is 0 Å². The highest BCUT2D eigenvalue weighted by atomic mass is 16.5. The van der Waals surface area contributed by atoms with Gasteiger partial charge in [-0.15, -0.1) is 0 Å². The molecular formula is C17H24N2O. The highest BCUT2D eigenvalue weighted by molar-refractivity contribution is 5.33. The number of nitrogens with two attached hydrogens (primary N) is 1. The Morgan fingerprint density at radius 3 is 2.65 bits per heavy atom. The lowest BCUT2D eigenvalue weighted by molar-refractivity contribution is -0.0771. The SMILES string of the molecule is CC1(C)CC(C(CCN)c2ccc(C#N)cc2)CCO1. The van der Waals surface area contributed by atoms with Crippen LogP contribution in [0.4, 0.5) is 0 Å². The first-order valence-corrected chi connectivity index (χ1v) is 7.40. The van der Waals surface area contributed by atoms with E-state index in [4.69, 9.17) is 15.7 Å². The molecule has 0 saturated carbocycles. The van der Waals surface area contributed by atoms with Gasteiger partial charge in [-0.3, -0.25) is 0 Å². The molecule has 2 N–H and O–H groups in total. The maximum atomic E-state index is 8.90. The summed E-state index contributed by atoms with van der Waals surface area (Å²) in [6.07, 6.45) is 3.15. The highest BCUT2D eigenvalue weighted by Gasteiger charge is 2.33. The van der Waals surface area contributed by atoms with Gasteiger partial charge >= 0.3 is 0 Å². The molecule has 1 heterocycles. The van der Waals surface area contributed by atoms with Crippen molar-refractivity contribution in [2.45, 2.75) is 44.6 Å². The average molecular weight is 272 g/mol. The predicted octanol–water partition coefficient (Wildman–Crippen LogP) is 3.20. The fraction of sp³-hybridized carbons (Fsp3) is 0.588. The van der Waals surface area contributed by atoms with Gasteiger partial charge in [0.25, 0.3) is 0 Å². The molecule has 3 nitrogen and oxygen atoms in total. The number of nitriles is 1. The molecule has 1 saturated heterocycles. The normalized spacial score (nSPS) is 23.0. The molecule has 108 valence electrons. The van der Waals surface area contributed by atoms with E-state index in [0.29, 0.717) is 23.9 Å². The third-order valence-electron chi connectivity index (χ3n) is 4.25. The van der Waals surface area contributed by atoms with Crippen molar-refractivity contribution in [3.8, 4) is 6.07 Å². The second kappa shape index (κ2) is 6.39. The molecule has 1 aliphatic rings. The Morgan fingerprint density at radius 2 is 2.10 bits per heavy atom. The first kappa shape index (κ1) is 15.0. The van der Waals surface area contributed by atoms with Crippen LogP contribution in [0.15, 0.2) is 24.3 Å². The fourth-order valence-corrected chi connectivity index (χ4v) is 3.28. The Labute approximate surface area is 121 Å². The molecule has 0 aromatic heterocycles. The molecular weight excluding hydrogens is 248 g/mol. The molecule has 2 rings (SSSR count). The van der Waals surface area contributed by atoms with E-state index in [1.165, 1.54) is 5.56 Å². The summed E-state index contributed by atoms with van der Waals surface area (Å²) in [4.78, 5) is 0. The van der Waals surface area contributed by atoms with E-state index in [0.717, 1.165) is 25.9 Å². The predicted molar refractivity (Wildman–Crippen MR) is 80.3 cm³/mol. The van der Waals surface area contributed by atoms with Crippen LogP contribution in [0, 0.1) is 17.2 Å². The largest absolute Gasteiger partial charge is 0.376 e. The Morgan fingerprint density at radius 1 is 1.40 bits per heavy atom. The molecule has 2 unspecified atom stereocenters. The molecule has 1 aromatic carbocycles. The maximum Gasteiger partial charge on any atom is 0.0991 e. The first-order chi connectivity index (χ1) is 9.55. The Kier molecular flexibility index (Phi) is 4.80. The van der Waals surface area contributed by atoms with Gasteiger partial charge in [-0.1, -0.05) is 12.1 Å². The van der Waals surface area contributed by atoms with Crippen LogP contribution in [0.5, 0.6) is 0 Å². The summed E-state index contributed by atoms with van der Waals surface area (Å²) in [6, 6.07) is 10.2. The van der Waals surface area contributed by atoms with Gasteiger partial charge in [-0.05, 0) is 69.2 Å². The Hall–Kier alpha value is -1.37. The number of nitrogens with zero attached hydrogens (tertiary/aromatic N) is 1. The van der Waals surface area contributed by atoms with E-state index in [1.807, 2.05) is 12.1 Å². The Balaban J connectivity index is 2.19. The summed E-state index contributed by atoms with van der Waals surface area (Å²) in [6.45, 7) is 5.85. The van der Waals surface area contributed by atoms with E-state index in [1.54, 1.807) is 0 Å². The van der Waals surface area contributed by atoms with Crippen molar-refractivity contribution in [2.75, 3.05) is 13.2 Å². The molecule has 2 atom stereocenters. The molecule has 1 fully saturated rings. The summed E-state index contributed by atoms with van der Waals surface area (Å²) < 4.78 is 5.82. The van der Waals surface area contributed by atoms with Crippen molar-refractivity contribution < 1.29 is 4.74 Å². The van der Waals surface area contributed by atoms with Crippen molar-refractivity contribution in [1.29, 1.82) is 5.26 Å². The molecule has 20 heavy (non-hydrogen) atoms. The van der Waals surface area contributed by atoms with Gasteiger partial charge in [0.05, 0.1) is 17.2 Å². The summed E-state index contributed by atoms with van der Waals surface area (Å²) in [7, 11) is 0. The van der Waals surface area contributed by atoms with Crippen LogP contribution >= 0.6 is 0 Å². The van der Waals surface area contributed by atoms with Crippen LogP contribution in [0.2, 0.25) is 0 Å². The van der Waals surface area contributed by atoms with E-state index in [2.05, 4.69) is 32.0 Å².